The topological polar surface area (TPSA) is 86.5 Å². The summed E-state index contributed by atoms with van der Waals surface area (Å²) in [6.07, 6.45) is 2.62. The number of pyridine rings is 1. The largest absolute Gasteiger partial charge is 0.494 e. The molecule has 0 fully saturated rings. The van der Waals surface area contributed by atoms with Crippen molar-refractivity contribution >= 4 is 30.7 Å². The minimum atomic E-state index is -0.225. The molecule has 0 aliphatic heterocycles. The molecule has 2 rings (SSSR count). The monoisotopic (exact) mass is 415 g/mol. The molecule has 6 nitrogen and oxygen atoms in total. The van der Waals surface area contributed by atoms with Crippen molar-refractivity contribution in [3.63, 3.8) is 0 Å². The first-order chi connectivity index (χ1) is 12.1. The first-order valence-electron chi connectivity index (χ1n) is 8.46. The van der Waals surface area contributed by atoms with Crippen LogP contribution in [0.15, 0.2) is 42.6 Å². The highest BCUT2D eigenvalue weighted by atomic mass is 35.5. The van der Waals surface area contributed by atoms with Gasteiger partial charge in [-0.1, -0.05) is 19.9 Å². The van der Waals surface area contributed by atoms with Crippen LogP contribution in [0.4, 0.5) is 0 Å². The molecule has 1 aromatic carbocycles. The Balaban J connectivity index is 0.00000338. The Hall–Kier alpha value is -2.02. The predicted molar refractivity (Wildman–Crippen MR) is 111 cm³/mol. The number of aromatic nitrogens is 1. The number of rotatable bonds is 9. The van der Waals surface area contributed by atoms with E-state index in [9.17, 15) is 4.79 Å². The first kappa shape index (κ1) is 25.0. The standard InChI is InChI=1S/C19H25N3O3.2ClH/c1-3-11-24-16-6-8-17(9-7-16)25-19-15(5-4-10-21-19)13-22-18(23)14(2)12-20;;/h4-10,14H,3,11-13,20H2,1-2H3,(H,22,23);2*1H. The third-order valence-electron chi connectivity index (χ3n) is 3.62. The van der Waals surface area contributed by atoms with Gasteiger partial charge in [-0.25, -0.2) is 4.98 Å². The molecule has 1 amide bonds. The van der Waals surface area contributed by atoms with Crippen molar-refractivity contribution in [2.45, 2.75) is 26.8 Å². The Labute approximate surface area is 172 Å². The first-order valence-corrected chi connectivity index (χ1v) is 8.46. The van der Waals surface area contributed by atoms with Crippen LogP contribution in [0, 0.1) is 5.92 Å². The predicted octanol–water partition coefficient (Wildman–Crippen LogP) is 3.72. The highest BCUT2D eigenvalue weighted by Gasteiger charge is 2.12. The molecule has 1 atom stereocenters. The molecule has 0 saturated heterocycles. The molecule has 1 aromatic heterocycles. The summed E-state index contributed by atoms with van der Waals surface area (Å²) in [6, 6.07) is 11.1. The van der Waals surface area contributed by atoms with Crippen molar-refractivity contribution in [2.24, 2.45) is 11.7 Å². The molecular formula is C19H27Cl2N3O3. The SMILES string of the molecule is CCCOc1ccc(Oc2ncccc2CNC(=O)C(C)CN)cc1.Cl.Cl. The van der Waals surface area contributed by atoms with E-state index in [4.69, 9.17) is 15.2 Å². The van der Waals surface area contributed by atoms with Crippen molar-refractivity contribution < 1.29 is 14.3 Å². The quantitative estimate of drug-likeness (QED) is 0.651. The van der Waals surface area contributed by atoms with Crippen LogP contribution in [-0.2, 0) is 11.3 Å². The molecule has 0 aliphatic carbocycles. The van der Waals surface area contributed by atoms with Crippen LogP contribution in [-0.4, -0.2) is 24.0 Å². The van der Waals surface area contributed by atoms with E-state index in [0.717, 1.165) is 17.7 Å². The Morgan fingerprint density at radius 3 is 2.48 bits per heavy atom. The Kier molecular flexibility index (Phi) is 12.2. The number of nitrogens with two attached hydrogens (primary N) is 1. The van der Waals surface area contributed by atoms with E-state index in [1.807, 2.05) is 36.4 Å². The lowest BCUT2D eigenvalue weighted by molar-refractivity contribution is -0.124. The molecule has 0 saturated carbocycles. The Bertz CT molecular complexity index is 684. The van der Waals surface area contributed by atoms with Gasteiger partial charge in [0.05, 0.1) is 6.61 Å². The zero-order valence-corrected chi connectivity index (χ0v) is 17.1. The second-order valence-corrected chi connectivity index (χ2v) is 5.74. The second-order valence-electron chi connectivity index (χ2n) is 5.74. The highest BCUT2D eigenvalue weighted by Crippen LogP contribution is 2.25. The summed E-state index contributed by atoms with van der Waals surface area (Å²) >= 11 is 0. The maximum Gasteiger partial charge on any atom is 0.224 e. The van der Waals surface area contributed by atoms with Gasteiger partial charge in [-0.15, -0.1) is 24.8 Å². The van der Waals surface area contributed by atoms with Gasteiger partial charge in [0, 0.05) is 30.8 Å². The number of amides is 1. The zero-order valence-electron chi connectivity index (χ0n) is 15.5. The van der Waals surface area contributed by atoms with Crippen molar-refractivity contribution in [3.05, 3.63) is 48.2 Å². The van der Waals surface area contributed by atoms with E-state index in [1.165, 1.54) is 0 Å². The number of benzene rings is 1. The highest BCUT2D eigenvalue weighted by molar-refractivity contribution is 5.85. The molecule has 0 aliphatic rings. The second kappa shape index (κ2) is 13.2. The average molecular weight is 416 g/mol. The maximum absolute atomic E-state index is 11.9. The third kappa shape index (κ3) is 8.03. The zero-order chi connectivity index (χ0) is 18.1. The Morgan fingerprint density at radius 2 is 1.85 bits per heavy atom. The van der Waals surface area contributed by atoms with Gasteiger partial charge in [-0.3, -0.25) is 4.79 Å². The minimum absolute atomic E-state index is 0. The van der Waals surface area contributed by atoms with Crippen molar-refractivity contribution in [3.8, 4) is 17.4 Å². The van der Waals surface area contributed by atoms with Crippen LogP contribution in [0.1, 0.15) is 25.8 Å². The van der Waals surface area contributed by atoms with Gasteiger partial charge in [0.2, 0.25) is 11.8 Å². The lowest BCUT2D eigenvalue weighted by Gasteiger charge is -2.13. The number of nitrogens with one attached hydrogen (secondary N) is 1. The average Bonchev–Trinajstić information content (AvgIpc) is 2.65. The molecular weight excluding hydrogens is 389 g/mol. The molecule has 27 heavy (non-hydrogen) atoms. The summed E-state index contributed by atoms with van der Waals surface area (Å²) in [5.74, 6) is 1.61. The smallest absolute Gasteiger partial charge is 0.224 e. The van der Waals surface area contributed by atoms with Crippen molar-refractivity contribution in [1.82, 2.24) is 10.3 Å². The van der Waals surface area contributed by atoms with Crippen LogP contribution >= 0.6 is 24.8 Å². The van der Waals surface area contributed by atoms with E-state index >= 15 is 0 Å². The van der Waals surface area contributed by atoms with Gasteiger partial charge in [0.1, 0.15) is 11.5 Å². The molecule has 0 radical (unpaired) electrons. The number of carbonyl (C=O) groups excluding carboxylic acids is 1. The minimum Gasteiger partial charge on any atom is -0.494 e. The van der Waals surface area contributed by atoms with E-state index in [-0.39, 0.29) is 36.6 Å². The molecule has 1 unspecified atom stereocenters. The summed E-state index contributed by atoms with van der Waals surface area (Å²) in [6.45, 7) is 5.19. The molecule has 3 N–H and O–H groups in total. The van der Waals surface area contributed by atoms with Crippen LogP contribution < -0.4 is 20.5 Å². The van der Waals surface area contributed by atoms with Gasteiger partial charge in [0.25, 0.3) is 0 Å². The molecule has 1 heterocycles. The van der Waals surface area contributed by atoms with E-state index in [1.54, 1.807) is 13.1 Å². The number of carbonyl (C=O) groups is 1. The molecule has 2 aromatic rings. The van der Waals surface area contributed by atoms with Crippen LogP contribution in [0.2, 0.25) is 0 Å². The summed E-state index contributed by atoms with van der Waals surface area (Å²) in [5.41, 5.74) is 6.31. The molecule has 0 spiro atoms. The number of halogens is 2. The normalized spacial score (nSPS) is 10.8. The fourth-order valence-corrected chi connectivity index (χ4v) is 2.05. The number of nitrogens with zero attached hydrogens (tertiary/aromatic N) is 1. The van der Waals surface area contributed by atoms with Crippen molar-refractivity contribution in [1.29, 1.82) is 0 Å². The summed E-state index contributed by atoms with van der Waals surface area (Å²) < 4.78 is 11.4. The summed E-state index contributed by atoms with van der Waals surface area (Å²) in [7, 11) is 0. The van der Waals surface area contributed by atoms with Crippen LogP contribution in [0.5, 0.6) is 17.4 Å². The van der Waals surface area contributed by atoms with Gasteiger partial charge in [-0.2, -0.15) is 0 Å². The molecule has 8 heteroatoms. The lowest BCUT2D eigenvalue weighted by Crippen LogP contribution is -2.32. The van der Waals surface area contributed by atoms with Crippen molar-refractivity contribution in [2.75, 3.05) is 13.2 Å². The lowest BCUT2D eigenvalue weighted by atomic mass is 10.1. The maximum atomic E-state index is 11.9. The Morgan fingerprint density at radius 1 is 1.19 bits per heavy atom. The third-order valence-corrected chi connectivity index (χ3v) is 3.62. The number of hydrogen-bond acceptors (Lipinski definition) is 5. The van der Waals surface area contributed by atoms with Gasteiger partial charge in [0.15, 0.2) is 0 Å². The van der Waals surface area contributed by atoms with E-state index in [2.05, 4.69) is 17.2 Å². The molecule has 150 valence electrons. The number of hydrogen-bond donors (Lipinski definition) is 2. The fraction of sp³-hybridized carbons (Fsp3) is 0.368. The van der Waals surface area contributed by atoms with E-state index < -0.39 is 0 Å². The van der Waals surface area contributed by atoms with Crippen LogP contribution in [0.3, 0.4) is 0 Å². The number of ether oxygens (including phenoxy) is 2. The van der Waals surface area contributed by atoms with Gasteiger partial charge < -0.3 is 20.5 Å². The van der Waals surface area contributed by atoms with Gasteiger partial charge in [-0.05, 0) is 36.8 Å². The van der Waals surface area contributed by atoms with Crippen LogP contribution in [0.25, 0.3) is 0 Å². The fourth-order valence-electron chi connectivity index (χ4n) is 2.05. The summed E-state index contributed by atoms with van der Waals surface area (Å²) in [4.78, 5) is 16.1. The molecule has 0 bridgehead atoms. The summed E-state index contributed by atoms with van der Waals surface area (Å²) in [5, 5.41) is 2.85. The van der Waals surface area contributed by atoms with E-state index in [0.29, 0.717) is 31.3 Å². The van der Waals surface area contributed by atoms with Gasteiger partial charge >= 0.3 is 0 Å².